The summed E-state index contributed by atoms with van der Waals surface area (Å²) in [6.07, 6.45) is 4.70. The Morgan fingerprint density at radius 3 is 2.88 bits per heavy atom. The Morgan fingerprint density at radius 1 is 1.44 bits per heavy atom. The van der Waals surface area contributed by atoms with E-state index in [9.17, 15) is 4.79 Å². The van der Waals surface area contributed by atoms with Gasteiger partial charge in [-0.05, 0) is 25.0 Å². The second-order valence-electron chi connectivity index (χ2n) is 4.16. The number of rotatable bonds is 4. The number of carbonyl (C=O) groups excluding carboxylic acids is 1. The second kappa shape index (κ2) is 5.61. The lowest BCUT2D eigenvalue weighted by Gasteiger charge is -2.31. The zero-order valence-corrected chi connectivity index (χ0v) is 9.30. The van der Waals surface area contributed by atoms with E-state index in [4.69, 9.17) is 0 Å². The van der Waals surface area contributed by atoms with Crippen LogP contribution in [-0.2, 0) is 11.3 Å². The summed E-state index contributed by atoms with van der Waals surface area (Å²) in [5, 5.41) is 2.85. The van der Waals surface area contributed by atoms with Crippen molar-refractivity contribution >= 4 is 6.41 Å². The molecule has 4 heteroatoms. The largest absolute Gasteiger partial charge is 0.356 e. The fourth-order valence-electron chi connectivity index (χ4n) is 2.07. The summed E-state index contributed by atoms with van der Waals surface area (Å²) in [4.78, 5) is 17.0. The molecular formula is C12H17N3O. The highest BCUT2D eigenvalue weighted by Gasteiger charge is 2.18. The minimum absolute atomic E-state index is 0.359. The molecule has 0 bridgehead atoms. The predicted molar refractivity (Wildman–Crippen MR) is 61.7 cm³/mol. The molecule has 1 fully saturated rings. The van der Waals surface area contributed by atoms with Gasteiger partial charge in [-0.15, -0.1) is 0 Å². The molecule has 1 aliphatic rings. The first-order chi connectivity index (χ1) is 7.88. The first kappa shape index (κ1) is 11.1. The summed E-state index contributed by atoms with van der Waals surface area (Å²) >= 11 is 0. The summed E-state index contributed by atoms with van der Waals surface area (Å²) in [5.74, 6) is 0. The van der Waals surface area contributed by atoms with E-state index in [1.807, 2.05) is 18.3 Å². The molecule has 1 saturated heterocycles. The van der Waals surface area contributed by atoms with Gasteiger partial charge in [0, 0.05) is 31.9 Å². The zero-order chi connectivity index (χ0) is 11.2. The Morgan fingerprint density at radius 2 is 2.25 bits per heavy atom. The standard InChI is InChI=1S/C12H17N3O/c16-10-14-11-4-7-15(8-5-11)9-12-3-1-2-6-13-12/h1-3,6,10-11H,4-5,7-9H2,(H,14,16). The van der Waals surface area contributed by atoms with Gasteiger partial charge in [0.25, 0.3) is 0 Å². The number of pyridine rings is 1. The average Bonchev–Trinajstić information content (AvgIpc) is 2.33. The maximum absolute atomic E-state index is 10.3. The SMILES string of the molecule is O=CNC1CCN(Cc2ccccn2)CC1. The smallest absolute Gasteiger partial charge is 0.207 e. The van der Waals surface area contributed by atoms with Crippen molar-refractivity contribution in [1.29, 1.82) is 0 Å². The molecule has 4 nitrogen and oxygen atoms in total. The first-order valence-corrected chi connectivity index (χ1v) is 5.70. The first-order valence-electron chi connectivity index (χ1n) is 5.70. The van der Waals surface area contributed by atoms with Crippen molar-refractivity contribution in [2.45, 2.75) is 25.4 Å². The van der Waals surface area contributed by atoms with Gasteiger partial charge in [0.1, 0.15) is 0 Å². The third-order valence-corrected chi connectivity index (χ3v) is 3.00. The zero-order valence-electron chi connectivity index (χ0n) is 9.30. The van der Waals surface area contributed by atoms with Crippen LogP contribution in [0.5, 0.6) is 0 Å². The molecule has 0 saturated carbocycles. The van der Waals surface area contributed by atoms with E-state index < -0.39 is 0 Å². The summed E-state index contributed by atoms with van der Waals surface area (Å²) in [6.45, 7) is 2.97. The van der Waals surface area contributed by atoms with Crippen molar-refractivity contribution in [3.8, 4) is 0 Å². The summed E-state index contributed by atoms with van der Waals surface area (Å²) in [7, 11) is 0. The third-order valence-electron chi connectivity index (χ3n) is 3.00. The molecule has 0 radical (unpaired) electrons. The molecule has 1 N–H and O–H groups in total. The van der Waals surface area contributed by atoms with Gasteiger partial charge in [-0.2, -0.15) is 0 Å². The highest BCUT2D eigenvalue weighted by atomic mass is 16.1. The molecular weight excluding hydrogens is 202 g/mol. The van der Waals surface area contributed by atoms with E-state index in [0.717, 1.165) is 44.6 Å². The Balaban J connectivity index is 1.79. The Bertz CT molecular complexity index is 320. The minimum atomic E-state index is 0.359. The van der Waals surface area contributed by atoms with Gasteiger partial charge in [-0.25, -0.2) is 0 Å². The number of piperidine rings is 1. The molecule has 86 valence electrons. The van der Waals surface area contributed by atoms with Crippen LogP contribution < -0.4 is 5.32 Å². The van der Waals surface area contributed by atoms with Crippen molar-refractivity contribution < 1.29 is 4.79 Å². The number of likely N-dealkylation sites (tertiary alicyclic amines) is 1. The monoisotopic (exact) mass is 219 g/mol. The number of hydrogen-bond donors (Lipinski definition) is 1. The van der Waals surface area contributed by atoms with Crippen molar-refractivity contribution in [1.82, 2.24) is 15.2 Å². The average molecular weight is 219 g/mol. The molecule has 0 unspecified atom stereocenters. The molecule has 0 aromatic carbocycles. The van der Waals surface area contributed by atoms with Crippen LogP contribution >= 0.6 is 0 Å². The molecule has 1 aromatic heterocycles. The minimum Gasteiger partial charge on any atom is -0.356 e. The van der Waals surface area contributed by atoms with E-state index in [2.05, 4.69) is 21.3 Å². The van der Waals surface area contributed by atoms with Crippen molar-refractivity contribution in [2.75, 3.05) is 13.1 Å². The van der Waals surface area contributed by atoms with Gasteiger partial charge in [-0.1, -0.05) is 6.07 Å². The van der Waals surface area contributed by atoms with Crippen LogP contribution in [-0.4, -0.2) is 35.4 Å². The predicted octanol–water partition coefficient (Wildman–Crippen LogP) is 0.792. The van der Waals surface area contributed by atoms with Gasteiger partial charge in [0.15, 0.2) is 0 Å². The van der Waals surface area contributed by atoms with Crippen molar-refractivity contribution in [3.05, 3.63) is 30.1 Å². The molecule has 1 amide bonds. The fraction of sp³-hybridized carbons (Fsp3) is 0.500. The third kappa shape index (κ3) is 3.03. The van der Waals surface area contributed by atoms with Gasteiger partial charge in [-0.3, -0.25) is 14.7 Å². The van der Waals surface area contributed by atoms with Crippen LogP contribution in [0.25, 0.3) is 0 Å². The maximum atomic E-state index is 10.3. The molecule has 0 aliphatic carbocycles. The molecule has 1 aromatic rings. The number of carbonyl (C=O) groups is 1. The van der Waals surface area contributed by atoms with Crippen LogP contribution in [0.1, 0.15) is 18.5 Å². The lowest BCUT2D eigenvalue weighted by molar-refractivity contribution is -0.110. The van der Waals surface area contributed by atoms with Crippen LogP contribution in [0.4, 0.5) is 0 Å². The Labute approximate surface area is 95.7 Å². The summed E-state index contributed by atoms with van der Waals surface area (Å²) < 4.78 is 0. The Hall–Kier alpha value is -1.42. The van der Waals surface area contributed by atoms with Gasteiger partial charge in [0.2, 0.25) is 6.41 Å². The highest BCUT2D eigenvalue weighted by molar-refractivity contribution is 5.46. The van der Waals surface area contributed by atoms with Gasteiger partial charge in [0.05, 0.1) is 5.69 Å². The van der Waals surface area contributed by atoms with E-state index in [1.165, 1.54) is 0 Å². The maximum Gasteiger partial charge on any atom is 0.207 e. The normalized spacial score (nSPS) is 18.2. The van der Waals surface area contributed by atoms with E-state index in [-0.39, 0.29) is 0 Å². The molecule has 0 atom stereocenters. The Kier molecular flexibility index (Phi) is 3.88. The quantitative estimate of drug-likeness (QED) is 0.762. The van der Waals surface area contributed by atoms with Crippen LogP contribution in [0.15, 0.2) is 24.4 Å². The van der Waals surface area contributed by atoms with E-state index >= 15 is 0 Å². The molecule has 0 spiro atoms. The summed E-state index contributed by atoms with van der Waals surface area (Å²) in [6, 6.07) is 6.36. The van der Waals surface area contributed by atoms with Gasteiger partial charge >= 0.3 is 0 Å². The number of nitrogens with one attached hydrogen (secondary N) is 1. The topological polar surface area (TPSA) is 45.2 Å². The van der Waals surface area contributed by atoms with Crippen molar-refractivity contribution in [2.24, 2.45) is 0 Å². The van der Waals surface area contributed by atoms with E-state index in [1.54, 1.807) is 0 Å². The molecule has 16 heavy (non-hydrogen) atoms. The van der Waals surface area contributed by atoms with Gasteiger partial charge < -0.3 is 5.32 Å². The lowest BCUT2D eigenvalue weighted by atomic mass is 10.1. The number of nitrogens with zero attached hydrogens (tertiary/aromatic N) is 2. The molecule has 2 rings (SSSR count). The molecule has 1 aliphatic heterocycles. The van der Waals surface area contributed by atoms with E-state index in [0.29, 0.717) is 6.04 Å². The fourth-order valence-corrected chi connectivity index (χ4v) is 2.07. The lowest BCUT2D eigenvalue weighted by Crippen LogP contribution is -2.41. The van der Waals surface area contributed by atoms with Crippen LogP contribution in [0, 0.1) is 0 Å². The molecule has 2 heterocycles. The van der Waals surface area contributed by atoms with Crippen LogP contribution in [0.2, 0.25) is 0 Å². The second-order valence-corrected chi connectivity index (χ2v) is 4.16. The number of amides is 1. The van der Waals surface area contributed by atoms with Crippen molar-refractivity contribution in [3.63, 3.8) is 0 Å². The number of aromatic nitrogens is 1. The van der Waals surface area contributed by atoms with Crippen LogP contribution in [0.3, 0.4) is 0 Å². The summed E-state index contributed by atoms with van der Waals surface area (Å²) in [5.41, 5.74) is 1.12. The number of hydrogen-bond acceptors (Lipinski definition) is 3. The highest BCUT2D eigenvalue weighted by Crippen LogP contribution is 2.12.